The Hall–Kier alpha value is -2.99. The molecule has 0 aliphatic rings. The first-order chi connectivity index (χ1) is 10.2. The van der Waals surface area contributed by atoms with Crippen molar-refractivity contribution in [1.82, 2.24) is 4.57 Å². The Morgan fingerprint density at radius 3 is 2.52 bits per heavy atom. The zero-order valence-corrected chi connectivity index (χ0v) is 11.3. The van der Waals surface area contributed by atoms with Gasteiger partial charge in [0.05, 0.1) is 6.54 Å². The van der Waals surface area contributed by atoms with Crippen molar-refractivity contribution in [3.05, 3.63) is 60.3 Å². The van der Waals surface area contributed by atoms with Crippen LogP contribution in [0.3, 0.4) is 0 Å². The van der Waals surface area contributed by atoms with E-state index in [0.29, 0.717) is 0 Å². The highest BCUT2D eigenvalue weighted by atomic mass is 16.4. The number of carboxylic acids is 1. The third-order valence-corrected chi connectivity index (χ3v) is 3.48. The van der Waals surface area contributed by atoms with E-state index >= 15 is 0 Å². The maximum absolute atomic E-state index is 11.3. The van der Waals surface area contributed by atoms with Crippen LogP contribution >= 0.6 is 0 Å². The van der Waals surface area contributed by atoms with E-state index in [4.69, 9.17) is 6.42 Å². The first-order valence-corrected chi connectivity index (χ1v) is 6.56. The van der Waals surface area contributed by atoms with Crippen molar-refractivity contribution < 1.29 is 9.90 Å². The van der Waals surface area contributed by atoms with Gasteiger partial charge in [-0.1, -0.05) is 42.3 Å². The van der Waals surface area contributed by atoms with Crippen molar-refractivity contribution in [2.45, 2.75) is 6.54 Å². The molecule has 0 fully saturated rings. The summed E-state index contributed by atoms with van der Waals surface area (Å²) in [6, 6.07) is 17.5. The van der Waals surface area contributed by atoms with Gasteiger partial charge >= 0.3 is 5.97 Å². The summed E-state index contributed by atoms with van der Waals surface area (Å²) in [6.45, 7) is 0.246. The number of terminal acetylenes is 1. The third kappa shape index (κ3) is 2.28. The van der Waals surface area contributed by atoms with E-state index in [1.807, 2.05) is 48.5 Å². The highest BCUT2D eigenvalue weighted by Crippen LogP contribution is 2.27. The standard InChI is InChI=1S/C18H13NO2/c1-2-10-19-16-9-8-14(13-6-4-3-5-7-13)11-15(16)12-17(19)18(20)21/h1,3-9,11-12H,10H2,(H,20,21). The Morgan fingerprint density at radius 1 is 1.10 bits per heavy atom. The quantitative estimate of drug-likeness (QED) is 0.741. The minimum atomic E-state index is -0.970. The number of hydrogen-bond donors (Lipinski definition) is 1. The molecule has 0 unspecified atom stereocenters. The molecular formula is C18H13NO2. The second-order valence-corrected chi connectivity index (χ2v) is 4.76. The molecule has 102 valence electrons. The van der Waals surface area contributed by atoms with E-state index < -0.39 is 5.97 Å². The summed E-state index contributed by atoms with van der Waals surface area (Å²) in [4.78, 5) is 11.3. The van der Waals surface area contributed by atoms with E-state index in [1.54, 1.807) is 10.6 Å². The molecule has 3 aromatic rings. The van der Waals surface area contributed by atoms with E-state index in [1.165, 1.54) is 0 Å². The lowest BCUT2D eigenvalue weighted by Gasteiger charge is -2.05. The molecule has 3 nitrogen and oxygen atoms in total. The van der Waals surface area contributed by atoms with Gasteiger partial charge in [0.25, 0.3) is 0 Å². The predicted molar refractivity (Wildman–Crippen MR) is 83.2 cm³/mol. The molecular weight excluding hydrogens is 262 g/mol. The Labute approximate surface area is 122 Å². The molecule has 0 radical (unpaired) electrons. The largest absolute Gasteiger partial charge is 0.477 e. The van der Waals surface area contributed by atoms with Gasteiger partial charge in [-0.15, -0.1) is 6.42 Å². The van der Waals surface area contributed by atoms with Crippen LogP contribution in [0.1, 0.15) is 10.5 Å². The first kappa shape index (κ1) is 13.0. The molecule has 0 atom stereocenters. The number of hydrogen-bond acceptors (Lipinski definition) is 1. The molecule has 1 heterocycles. The van der Waals surface area contributed by atoms with Gasteiger partial charge in [0.1, 0.15) is 5.69 Å². The SMILES string of the molecule is C#CCn1c(C(=O)O)cc2cc(-c3ccccc3)ccc21. The lowest BCUT2D eigenvalue weighted by Crippen LogP contribution is -2.07. The van der Waals surface area contributed by atoms with Crippen LogP contribution in [-0.2, 0) is 6.54 Å². The van der Waals surface area contributed by atoms with Gasteiger partial charge in [-0.2, -0.15) is 0 Å². The van der Waals surface area contributed by atoms with Gasteiger partial charge < -0.3 is 9.67 Å². The van der Waals surface area contributed by atoms with Crippen LogP contribution in [0.25, 0.3) is 22.0 Å². The molecule has 0 aliphatic heterocycles. The molecule has 0 spiro atoms. The van der Waals surface area contributed by atoms with E-state index in [-0.39, 0.29) is 12.2 Å². The fourth-order valence-corrected chi connectivity index (χ4v) is 2.52. The van der Waals surface area contributed by atoms with Crippen molar-refractivity contribution in [3.63, 3.8) is 0 Å². The zero-order valence-electron chi connectivity index (χ0n) is 11.3. The Bertz CT molecular complexity index is 854. The average Bonchev–Trinajstić information content (AvgIpc) is 2.87. The number of aromatic nitrogens is 1. The number of fused-ring (bicyclic) bond motifs is 1. The topological polar surface area (TPSA) is 42.2 Å². The number of carbonyl (C=O) groups is 1. The second-order valence-electron chi connectivity index (χ2n) is 4.76. The normalized spacial score (nSPS) is 10.4. The summed E-state index contributed by atoms with van der Waals surface area (Å²) in [5.41, 5.74) is 3.21. The summed E-state index contributed by atoms with van der Waals surface area (Å²) in [5, 5.41) is 10.2. The van der Waals surface area contributed by atoms with Gasteiger partial charge in [0.2, 0.25) is 0 Å². The molecule has 3 heteroatoms. The molecule has 0 amide bonds. The highest BCUT2D eigenvalue weighted by Gasteiger charge is 2.14. The van der Waals surface area contributed by atoms with Gasteiger partial charge in [0, 0.05) is 10.9 Å². The lowest BCUT2D eigenvalue weighted by atomic mass is 10.0. The maximum Gasteiger partial charge on any atom is 0.352 e. The third-order valence-electron chi connectivity index (χ3n) is 3.48. The fraction of sp³-hybridized carbons (Fsp3) is 0.0556. The molecule has 1 N–H and O–H groups in total. The number of benzene rings is 2. The summed E-state index contributed by atoms with van der Waals surface area (Å²) >= 11 is 0. The number of rotatable bonds is 3. The van der Waals surface area contributed by atoms with Gasteiger partial charge in [-0.25, -0.2) is 4.79 Å². The first-order valence-electron chi connectivity index (χ1n) is 6.56. The van der Waals surface area contributed by atoms with Crippen molar-refractivity contribution >= 4 is 16.9 Å². The van der Waals surface area contributed by atoms with Crippen LogP contribution in [0.5, 0.6) is 0 Å². The van der Waals surface area contributed by atoms with E-state index in [2.05, 4.69) is 5.92 Å². The molecule has 0 saturated carbocycles. The summed E-state index contributed by atoms with van der Waals surface area (Å²) in [6.07, 6.45) is 5.34. The fourth-order valence-electron chi connectivity index (χ4n) is 2.52. The minimum absolute atomic E-state index is 0.216. The van der Waals surface area contributed by atoms with Crippen LogP contribution in [-0.4, -0.2) is 15.6 Å². The van der Waals surface area contributed by atoms with E-state index in [0.717, 1.165) is 22.0 Å². The van der Waals surface area contributed by atoms with Gasteiger partial charge in [-0.3, -0.25) is 0 Å². The van der Waals surface area contributed by atoms with Crippen LogP contribution in [0.15, 0.2) is 54.6 Å². The van der Waals surface area contributed by atoms with Gasteiger partial charge in [-0.05, 0) is 29.3 Å². The Morgan fingerprint density at radius 2 is 1.86 bits per heavy atom. The van der Waals surface area contributed by atoms with Crippen molar-refractivity contribution in [3.8, 4) is 23.5 Å². The smallest absolute Gasteiger partial charge is 0.352 e. The van der Waals surface area contributed by atoms with Gasteiger partial charge in [0.15, 0.2) is 0 Å². The number of nitrogens with zero attached hydrogens (tertiary/aromatic N) is 1. The molecule has 0 bridgehead atoms. The highest BCUT2D eigenvalue weighted by molar-refractivity contribution is 5.96. The predicted octanol–water partition coefficient (Wildman–Crippen LogP) is 3.64. The van der Waals surface area contributed by atoms with Crippen LogP contribution in [0.4, 0.5) is 0 Å². The number of aromatic carboxylic acids is 1. The molecule has 21 heavy (non-hydrogen) atoms. The number of carboxylic acid groups (broad SMARTS) is 1. The van der Waals surface area contributed by atoms with Crippen molar-refractivity contribution in [2.75, 3.05) is 0 Å². The molecule has 0 saturated heterocycles. The molecule has 1 aromatic heterocycles. The van der Waals surface area contributed by atoms with E-state index in [9.17, 15) is 9.90 Å². The molecule has 2 aromatic carbocycles. The zero-order chi connectivity index (χ0) is 14.8. The summed E-state index contributed by atoms with van der Waals surface area (Å²) < 4.78 is 1.65. The molecule has 3 rings (SSSR count). The van der Waals surface area contributed by atoms with Crippen LogP contribution < -0.4 is 0 Å². The van der Waals surface area contributed by atoms with Crippen LogP contribution in [0.2, 0.25) is 0 Å². The summed E-state index contributed by atoms with van der Waals surface area (Å²) in [7, 11) is 0. The Balaban J connectivity index is 2.20. The summed E-state index contributed by atoms with van der Waals surface area (Å²) in [5.74, 6) is 1.53. The average molecular weight is 275 g/mol. The van der Waals surface area contributed by atoms with Crippen molar-refractivity contribution in [1.29, 1.82) is 0 Å². The van der Waals surface area contributed by atoms with Crippen molar-refractivity contribution in [2.24, 2.45) is 0 Å². The Kier molecular flexibility index (Phi) is 3.21. The lowest BCUT2D eigenvalue weighted by molar-refractivity contribution is 0.0686. The monoisotopic (exact) mass is 275 g/mol. The molecule has 0 aliphatic carbocycles. The minimum Gasteiger partial charge on any atom is -0.477 e. The van der Waals surface area contributed by atoms with Crippen LogP contribution in [0, 0.1) is 12.3 Å². The second kappa shape index (κ2) is 5.18. The maximum atomic E-state index is 11.3.